The first-order valence-electron chi connectivity index (χ1n) is 11.4. The molecule has 2 aromatic rings. The molecule has 1 aliphatic carbocycles. The Morgan fingerprint density at radius 3 is 2.62 bits per heavy atom. The highest BCUT2D eigenvalue weighted by molar-refractivity contribution is 5.79. The number of carbonyl (C=O) groups is 1. The number of benzene rings is 1. The first kappa shape index (κ1) is 20.1. The van der Waals surface area contributed by atoms with Gasteiger partial charge in [-0.1, -0.05) is 38.0 Å². The van der Waals surface area contributed by atoms with Crippen molar-refractivity contribution >= 4 is 5.91 Å². The Labute approximate surface area is 174 Å². The minimum Gasteiger partial charge on any atom is -0.337 e. The molecule has 5 nitrogen and oxygen atoms in total. The fourth-order valence-corrected chi connectivity index (χ4v) is 4.92. The van der Waals surface area contributed by atoms with E-state index in [4.69, 9.17) is 5.10 Å². The highest BCUT2D eigenvalue weighted by Gasteiger charge is 2.30. The van der Waals surface area contributed by atoms with Gasteiger partial charge in [0.05, 0.1) is 23.6 Å². The van der Waals surface area contributed by atoms with Gasteiger partial charge in [0.25, 0.3) is 0 Å². The summed E-state index contributed by atoms with van der Waals surface area (Å²) in [7, 11) is 0. The summed E-state index contributed by atoms with van der Waals surface area (Å²) in [6.07, 6.45) is 6.67. The molecule has 2 aliphatic rings. The highest BCUT2D eigenvalue weighted by atomic mass is 16.2. The zero-order valence-electron chi connectivity index (χ0n) is 17.9. The normalized spacial score (nSPS) is 17.4. The van der Waals surface area contributed by atoms with Gasteiger partial charge >= 0.3 is 0 Å². The third-order valence-corrected chi connectivity index (χ3v) is 6.50. The Kier molecular flexibility index (Phi) is 6.34. The van der Waals surface area contributed by atoms with E-state index in [1.165, 1.54) is 30.5 Å². The number of carbonyl (C=O) groups excluding carboxylic acids is 1. The SMILES string of the molecule is CCCN1CCc2c(c(CN(CC)C(=O)C3CCCC3)nn2-c2ccccc2)C1. The zero-order valence-corrected chi connectivity index (χ0v) is 17.9. The van der Waals surface area contributed by atoms with E-state index in [-0.39, 0.29) is 5.92 Å². The van der Waals surface area contributed by atoms with Crippen LogP contribution in [-0.2, 0) is 24.3 Å². The smallest absolute Gasteiger partial charge is 0.226 e. The summed E-state index contributed by atoms with van der Waals surface area (Å²) in [5.41, 5.74) is 4.86. The number of aromatic nitrogens is 2. The number of nitrogens with zero attached hydrogens (tertiary/aromatic N) is 4. The molecule has 0 saturated heterocycles. The van der Waals surface area contributed by atoms with Gasteiger partial charge in [0, 0.05) is 37.5 Å². The quantitative estimate of drug-likeness (QED) is 0.707. The van der Waals surface area contributed by atoms with Gasteiger partial charge in [-0.3, -0.25) is 9.69 Å². The minimum atomic E-state index is 0.221. The number of para-hydroxylation sites is 1. The molecule has 4 rings (SSSR count). The topological polar surface area (TPSA) is 41.4 Å². The summed E-state index contributed by atoms with van der Waals surface area (Å²) in [5, 5.41) is 5.05. The molecule has 0 bridgehead atoms. The first-order valence-corrected chi connectivity index (χ1v) is 11.4. The van der Waals surface area contributed by atoms with Crippen molar-refractivity contribution in [3.8, 4) is 5.69 Å². The van der Waals surface area contributed by atoms with E-state index < -0.39 is 0 Å². The predicted octanol–water partition coefficient (Wildman–Crippen LogP) is 4.18. The van der Waals surface area contributed by atoms with Gasteiger partial charge in [-0.25, -0.2) is 4.68 Å². The molecule has 0 spiro atoms. The lowest BCUT2D eigenvalue weighted by atomic mass is 10.0. The highest BCUT2D eigenvalue weighted by Crippen LogP contribution is 2.29. The van der Waals surface area contributed by atoms with Gasteiger partial charge in [-0.15, -0.1) is 0 Å². The van der Waals surface area contributed by atoms with E-state index >= 15 is 0 Å². The van der Waals surface area contributed by atoms with Gasteiger partial charge < -0.3 is 4.90 Å². The molecule has 1 amide bonds. The van der Waals surface area contributed by atoms with Gasteiger partial charge in [-0.2, -0.15) is 5.10 Å². The maximum absolute atomic E-state index is 13.1. The number of rotatable bonds is 7. The first-order chi connectivity index (χ1) is 14.2. The largest absolute Gasteiger partial charge is 0.337 e. The second-order valence-corrected chi connectivity index (χ2v) is 8.48. The van der Waals surface area contributed by atoms with Crippen molar-refractivity contribution in [2.24, 2.45) is 5.92 Å². The lowest BCUT2D eigenvalue weighted by Crippen LogP contribution is -2.36. The average Bonchev–Trinajstić information content (AvgIpc) is 3.41. The van der Waals surface area contributed by atoms with Crippen molar-refractivity contribution in [2.45, 2.75) is 65.5 Å². The Hall–Kier alpha value is -2.14. The third kappa shape index (κ3) is 4.25. The van der Waals surface area contributed by atoms with Crippen LogP contribution in [0.5, 0.6) is 0 Å². The van der Waals surface area contributed by atoms with Crippen LogP contribution in [-0.4, -0.2) is 45.1 Å². The van der Waals surface area contributed by atoms with Crippen LogP contribution in [0.1, 0.15) is 62.9 Å². The molecule has 1 aliphatic heterocycles. The number of fused-ring (bicyclic) bond motifs is 1. The minimum absolute atomic E-state index is 0.221. The van der Waals surface area contributed by atoms with Crippen molar-refractivity contribution < 1.29 is 4.79 Å². The van der Waals surface area contributed by atoms with E-state index in [2.05, 4.69) is 47.7 Å². The summed E-state index contributed by atoms with van der Waals surface area (Å²) < 4.78 is 2.13. The maximum Gasteiger partial charge on any atom is 0.226 e. The molecule has 2 heterocycles. The average molecular weight is 395 g/mol. The lowest BCUT2D eigenvalue weighted by molar-refractivity contribution is -0.135. The fraction of sp³-hybridized carbons (Fsp3) is 0.583. The third-order valence-electron chi connectivity index (χ3n) is 6.50. The van der Waals surface area contributed by atoms with E-state index in [1.807, 2.05) is 11.0 Å². The van der Waals surface area contributed by atoms with Crippen molar-refractivity contribution in [2.75, 3.05) is 19.6 Å². The number of hydrogen-bond donors (Lipinski definition) is 0. The van der Waals surface area contributed by atoms with Crippen molar-refractivity contribution in [3.63, 3.8) is 0 Å². The van der Waals surface area contributed by atoms with Crippen LogP contribution >= 0.6 is 0 Å². The summed E-state index contributed by atoms with van der Waals surface area (Å²) in [6.45, 7) is 8.86. The molecule has 1 aromatic carbocycles. The number of amides is 1. The van der Waals surface area contributed by atoms with Gasteiger partial charge in [0.15, 0.2) is 0 Å². The molecule has 156 valence electrons. The molecular weight excluding hydrogens is 360 g/mol. The van der Waals surface area contributed by atoms with Crippen LogP contribution in [0.4, 0.5) is 0 Å². The van der Waals surface area contributed by atoms with Gasteiger partial charge in [0.1, 0.15) is 0 Å². The lowest BCUT2D eigenvalue weighted by Gasteiger charge is -2.28. The Morgan fingerprint density at radius 2 is 1.93 bits per heavy atom. The molecule has 1 aromatic heterocycles. The van der Waals surface area contributed by atoms with Crippen LogP contribution in [0.2, 0.25) is 0 Å². The monoisotopic (exact) mass is 394 g/mol. The second-order valence-electron chi connectivity index (χ2n) is 8.48. The van der Waals surface area contributed by atoms with E-state index in [0.717, 1.165) is 56.8 Å². The standard InChI is InChI=1S/C24H34N4O/c1-3-15-26-16-14-23-21(17-26)22(25-28(23)20-12-6-5-7-13-20)18-27(4-2)24(29)19-10-8-9-11-19/h5-7,12-13,19H,3-4,8-11,14-18H2,1-2H3. The molecule has 29 heavy (non-hydrogen) atoms. The van der Waals surface area contributed by atoms with E-state index in [0.29, 0.717) is 12.5 Å². The summed E-state index contributed by atoms with van der Waals surface area (Å²) in [6, 6.07) is 10.4. The van der Waals surface area contributed by atoms with E-state index in [1.54, 1.807) is 0 Å². The predicted molar refractivity (Wildman–Crippen MR) is 116 cm³/mol. The summed E-state index contributed by atoms with van der Waals surface area (Å²) in [5.74, 6) is 0.549. The van der Waals surface area contributed by atoms with Gasteiger partial charge in [-0.05, 0) is 44.9 Å². The van der Waals surface area contributed by atoms with Crippen LogP contribution in [0, 0.1) is 5.92 Å². The maximum atomic E-state index is 13.1. The van der Waals surface area contributed by atoms with Crippen LogP contribution in [0.3, 0.4) is 0 Å². The van der Waals surface area contributed by atoms with Crippen molar-refractivity contribution in [1.82, 2.24) is 19.6 Å². The molecule has 5 heteroatoms. The molecule has 1 fully saturated rings. The molecule has 0 unspecified atom stereocenters. The molecular formula is C24H34N4O. The summed E-state index contributed by atoms with van der Waals surface area (Å²) in [4.78, 5) is 17.6. The molecule has 0 radical (unpaired) electrons. The molecule has 0 N–H and O–H groups in total. The molecule has 1 saturated carbocycles. The van der Waals surface area contributed by atoms with Crippen LogP contribution in [0.25, 0.3) is 5.69 Å². The fourth-order valence-electron chi connectivity index (χ4n) is 4.92. The van der Waals surface area contributed by atoms with Crippen LogP contribution < -0.4 is 0 Å². The Balaban J connectivity index is 1.64. The van der Waals surface area contributed by atoms with Gasteiger partial charge in [0.2, 0.25) is 5.91 Å². The zero-order chi connectivity index (χ0) is 20.2. The molecule has 0 atom stereocenters. The summed E-state index contributed by atoms with van der Waals surface area (Å²) >= 11 is 0. The van der Waals surface area contributed by atoms with Crippen molar-refractivity contribution in [1.29, 1.82) is 0 Å². The number of hydrogen-bond acceptors (Lipinski definition) is 3. The Bertz CT molecular complexity index is 823. The Morgan fingerprint density at radius 1 is 1.17 bits per heavy atom. The van der Waals surface area contributed by atoms with Crippen molar-refractivity contribution in [3.05, 3.63) is 47.3 Å². The second kappa shape index (κ2) is 9.12. The van der Waals surface area contributed by atoms with E-state index in [9.17, 15) is 4.79 Å². The van der Waals surface area contributed by atoms with Crippen LogP contribution in [0.15, 0.2) is 30.3 Å².